The number of thioether (sulfide) groups is 1. The number of hydrogen-bond acceptors (Lipinski definition) is 8. The molecule has 1 aromatic carbocycles. The van der Waals surface area contributed by atoms with Gasteiger partial charge in [0, 0.05) is 10.6 Å². The average Bonchev–Trinajstić information content (AvgIpc) is 3.34. The zero-order valence-electron chi connectivity index (χ0n) is 14.0. The Morgan fingerprint density at radius 2 is 2.15 bits per heavy atom. The number of anilines is 2. The SMILES string of the molecule is O=C(CN1C(=O)COc2ccccc21)Nc1nnc(SCc2cccs2)s1. The molecule has 27 heavy (non-hydrogen) atoms. The fourth-order valence-electron chi connectivity index (χ4n) is 2.48. The van der Waals surface area contributed by atoms with Crippen LogP contribution in [0.15, 0.2) is 46.1 Å². The molecule has 0 bridgehead atoms. The second kappa shape index (κ2) is 8.07. The van der Waals surface area contributed by atoms with Crippen LogP contribution in [0, 0.1) is 0 Å². The smallest absolute Gasteiger partial charge is 0.265 e. The predicted molar refractivity (Wildman–Crippen MR) is 107 cm³/mol. The lowest BCUT2D eigenvalue weighted by Gasteiger charge is -2.28. The molecule has 0 aliphatic carbocycles. The molecule has 2 amide bonds. The average molecular weight is 419 g/mol. The molecule has 0 spiro atoms. The van der Waals surface area contributed by atoms with E-state index in [0.717, 1.165) is 10.1 Å². The summed E-state index contributed by atoms with van der Waals surface area (Å²) in [6.07, 6.45) is 0. The first-order valence-corrected chi connectivity index (χ1v) is 10.7. The van der Waals surface area contributed by atoms with Crippen molar-refractivity contribution in [2.45, 2.75) is 10.1 Å². The molecular weight excluding hydrogens is 404 g/mol. The first-order valence-electron chi connectivity index (χ1n) is 8.00. The van der Waals surface area contributed by atoms with Crippen molar-refractivity contribution in [1.82, 2.24) is 10.2 Å². The predicted octanol–water partition coefficient (Wildman–Crippen LogP) is 3.26. The van der Waals surface area contributed by atoms with E-state index >= 15 is 0 Å². The van der Waals surface area contributed by atoms with Crippen LogP contribution in [0.3, 0.4) is 0 Å². The summed E-state index contributed by atoms with van der Waals surface area (Å²) in [6, 6.07) is 11.2. The molecule has 1 N–H and O–H groups in total. The Bertz CT molecular complexity index is 958. The molecule has 0 saturated carbocycles. The van der Waals surface area contributed by atoms with Crippen molar-refractivity contribution in [3.8, 4) is 5.75 Å². The minimum Gasteiger partial charge on any atom is -0.482 e. The molecule has 4 rings (SSSR count). The highest BCUT2D eigenvalue weighted by Gasteiger charge is 2.27. The van der Waals surface area contributed by atoms with E-state index in [1.165, 1.54) is 21.1 Å². The zero-order valence-corrected chi connectivity index (χ0v) is 16.4. The number of thiophene rings is 1. The summed E-state index contributed by atoms with van der Waals surface area (Å²) in [5.41, 5.74) is 0.591. The van der Waals surface area contributed by atoms with Crippen molar-refractivity contribution in [3.05, 3.63) is 46.7 Å². The van der Waals surface area contributed by atoms with Crippen LogP contribution in [-0.4, -0.2) is 35.2 Å². The van der Waals surface area contributed by atoms with Gasteiger partial charge in [0.25, 0.3) is 5.91 Å². The summed E-state index contributed by atoms with van der Waals surface area (Å²) in [5, 5.41) is 13.3. The number of carbonyl (C=O) groups excluding carboxylic acids is 2. The standard InChI is InChI=1S/C17H14N4O3S3/c22-14(8-21-12-5-1-2-6-13(12)24-9-15(21)23)18-16-19-20-17(27-16)26-10-11-4-3-7-25-11/h1-7H,8-10H2,(H,18,19,22). The van der Waals surface area contributed by atoms with Gasteiger partial charge in [-0.15, -0.1) is 21.5 Å². The van der Waals surface area contributed by atoms with Gasteiger partial charge in [-0.2, -0.15) is 0 Å². The van der Waals surface area contributed by atoms with Crippen molar-refractivity contribution in [1.29, 1.82) is 0 Å². The fraction of sp³-hybridized carbons (Fsp3) is 0.176. The zero-order chi connectivity index (χ0) is 18.6. The van der Waals surface area contributed by atoms with Gasteiger partial charge in [0.1, 0.15) is 12.3 Å². The Kier molecular flexibility index (Phi) is 5.37. The van der Waals surface area contributed by atoms with Crippen molar-refractivity contribution < 1.29 is 14.3 Å². The quantitative estimate of drug-likeness (QED) is 0.489. The Hall–Kier alpha value is -2.43. The highest BCUT2D eigenvalue weighted by atomic mass is 32.2. The molecule has 2 aromatic heterocycles. The first-order chi connectivity index (χ1) is 13.2. The molecule has 7 nitrogen and oxygen atoms in total. The van der Waals surface area contributed by atoms with E-state index in [-0.39, 0.29) is 25.0 Å². The van der Waals surface area contributed by atoms with Crippen molar-refractivity contribution in [2.75, 3.05) is 23.4 Å². The molecule has 3 heterocycles. The highest BCUT2D eigenvalue weighted by Crippen LogP contribution is 2.32. The molecular formula is C17H14N4O3S3. The largest absolute Gasteiger partial charge is 0.482 e. The third-order valence-electron chi connectivity index (χ3n) is 3.68. The van der Waals surface area contributed by atoms with E-state index in [1.807, 2.05) is 17.5 Å². The number of benzene rings is 1. The Labute approximate surface area is 167 Å². The van der Waals surface area contributed by atoms with Crippen LogP contribution >= 0.6 is 34.4 Å². The third kappa shape index (κ3) is 4.29. The van der Waals surface area contributed by atoms with Crippen LogP contribution in [-0.2, 0) is 15.3 Å². The van der Waals surface area contributed by atoms with E-state index in [2.05, 4.69) is 21.6 Å². The summed E-state index contributed by atoms with van der Waals surface area (Å²) >= 11 is 4.58. The Morgan fingerprint density at radius 1 is 1.26 bits per heavy atom. The van der Waals surface area contributed by atoms with Crippen LogP contribution in [0.25, 0.3) is 0 Å². The van der Waals surface area contributed by atoms with Crippen molar-refractivity contribution in [3.63, 3.8) is 0 Å². The van der Waals surface area contributed by atoms with Crippen LogP contribution in [0.2, 0.25) is 0 Å². The second-order valence-electron chi connectivity index (χ2n) is 5.53. The van der Waals surface area contributed by atoms with Gasteiger partial charge in [-0.3, -0.25) is 19.8 Å². The molecule has 0 unspecified atom stereocenters. The Balaban J connectivity index is 1.36. The van der Waals surface area contributed by atoms with Crippen LogP contribution in [0.5, 0.6) is 5.75 Å². The number of rotatable bonds is 6. The molecule has 3 aromatic rings. The number of amides is 2. The topological polar surface area (TPSA) is 84.4 Å². The van der Waals surface area contributed by atoms with Crippen LogP contribution < -0.4 is 15.0 Å². The normalized spacial score (nSPS) is 13.2. The van der Waals surface area contributed by atoms with Crippen LogP contribution in [0.1, 0.15) is 4.88 Å². The number of nitrogens with zero attached hydrogens (tertiary/aromatic N) is 3. The number of carbonyl (C=O) groups is 2. The summed E-state index contributed by atoms with van der Waals surface area (Å²) < 4.78 is 6.17. The van der Waals surface area contributed by atoms with E-state index in [1.54, 1.807) is 41.3 Å². The number of aromatic nitrogens is 2. The lowest BCUT2D eigenvalue weighted by Crippen LogP contribution is -2.43. The number of ether oxygens (including phenoxy) is 1. The maximum atomic E-state index is 12.4. The van der Waals surface area contributed by atoms with Gasteiger partial charge in [-0.05, 0) is 23.6 Å². The molecule has 138 valence electrons. The Morgan fingerprint density at radius 3 is 3.00 bits per heavy atom. The van der Waals surface area contributed by atoms with Gasteiger partial charge < -0.3 is 4.74 Å². The maximum absolute atomic E-state index is 12.4. The lowest BCUT2D eigenvalue weighted by molar-refractivity contribution is -0.123. The molecule has 1 aliphatic rings. The van der Waals surface area contributed by atoms with Gasteiger partial charge in [0.15, 0.2) is 10.9 Å². The molecule has 1 aliphatic heterocycles. The monoisotopic (exact) mass is 418 g/mol. The third-order valence-corrected chi connectivity index (χ3v) is 6.76. The van der Waals surface area contributed by atoms with Gasteiger partial charge in [-0.25, -0.2) is 0 Å². The minimum absolute atomic E-state index is 0.0768. The maximum Gasteiger partial charge on any atom is 0.265 e. The van der Waals surface area contributed by atoms with Gasteiger partial charge >= 0.3 is 0 Å². The number of nitrogens with one attached hydrogen (secondary N) is 1. The second-order valence-corrected chi connectivity index (χ2v) is 8.76. The van der Waals surface area contributed by atoms with Crippen LogP contribution in [0.4, 0.5) is 10.8 Å². The van der Waals surface area contributed by atoms with E-state index in [4.69, 9.17) is 4.74 Å². The summed E-state index contributed by atoms with van der Waals surface area (Å²) in [4.78, 5) is 27.2. The first kappa shape index (κ1) is 18.0. The lowest BCUT2D eigenvalue weighted by atomic mass is 10.2. The molecule has 0 fully saturated rings. The number of para-hydroxylation sites is 2. The minimum atomic E-state index is -0.328. The number of hydrogen-bond donors (Lipinski definition) is 1. The fourth-order valence-corrected chi connectivity index (χ4v) is 5.02. The van der Waals surface area contributed by atoms with E-state index in [0.29, 0.717) is 16.6 Å². The van der Waals surface area contributed by atoms with Crippen molar-refractivity contribution in [2.24, 2.45) is 0 Å². The summed E-state index contributed by atoms with van der Waals surface area (Å²) in [5.74, 6) is 0.826. The summed E-state index contributed by atoms with van der Waals surface area (Å²) in [7, 11) is 0. The molecule has 0 atom stereocenters. The molecule has 0 radical (unpaired) electrons. The van der Waals surface area contributed by atoms with E-state index in [9.17, 15) is 9.59 Å². The summed E-state index contributed by atoms with van der Waals surface area (Å²) in [6.45, 7) is -0.178. The van der Waals surface area contributed by atoms with Gasteiger partial charge in [0.2, 0.25) is 11.0 Å². The highest BCUT2D eigenvalue weighted by molar-refractivity contribution is 8.00. The number of fused-ring (bicyclic) bond motifs is 1. The van der Waals surface area contributed by atoms with Gasteiger partial charge in [-0.1, -0.05) is 41.3 Å². The molecule has 10 heteroatoms. The van der Waals surface area contributed by atoms with E-state index < -0.39 is 0 Å². The molecule has 0 saturated heterocycles. The van der Waals surface area contributed by atoms with Gasteiger partial charge in [0.05, 0.1) is 5.69 Å². The van der Waals surface area contributed by atoms with Crippen molar-refractivity contribution >= 4 is 57.1 Å².